The Labute approximate surface area is 156 Å². The van der Waals surface area contributed by atoms with Crippen LogP contribution in [0, 0.1) is 11.7 Å². The zero-order chi connectivity index (χ0) is 19.6. The molecule has 3 rings (SSSR count). The number of aryl methyl sites for hydroxylation is 1. The maximum atomic E-state index is 13.0. The van der Waals surface area contributed by atoms with Gasteiger partial charge < -0.3 is 15.0 Å². The molecule has 2 aromatic carbocycles. The van der Waals surface area contributed by atoms with E-state index in [1.165, 1.54) is 28.8 Å². The number of benzene rings is 2. The van der Waals surface area contributed by atoms with Gasteiger partial charge in [-0.05, 0) is 48.7 Å². The highest BCUT2D eigenvalue weighted by atomic mass is 19.1. The van der Waals surface area contributed by atoms with Gasteiger partial charge in [0.15, 0.2) is 0 Å². The van der Waals surface area contributed by atoms with Gasteiger partial charge in [0.05, 0.1) is 5.52 Å². The summed E-state index contributed by atoms with van der Waals surface area (Å²) in [5, 5.41) is 13.6. The molecule has 27 heavy (non-hydrogen) atoms. The number of hydrogen-bond donors (Lipinski definition) is 2. The Hall–Kier alpha value is -3.15. The first kappa shape index (κ1) is 18.6. The minimum atomic E-state index is -0.729. The number of pyridine rings is 1. The molecule has 140 valence electrons. The minimum Gasteiger partial charge on any atom is -0.506 e. The number of aromatic hydroxyl groups is 1. The van der Waals surface area contributed by atoms with E-state index in [0.29, 0.717) is 29.1 Å². The lowest BCUT2D eigenvalue weighted by Crippen LogP contribution is -2.30. The molecule has 6 heteroatoms. The first-order chi connectivity index (χ1) is 12.9. The van der Waals surface area contributed by atoms with Crippen molar-refractivity contribution in [2.75, 3.05) is 5.32 Å². The summed E-state index contributed by atoms with van der Waals surface area (Å²) in [6.07, 6.45) is 0.758. The van der Waals surface area contributed by atoms with Crippen molar-refractivity contribution in [2.45, 2.75) is 26.8 Å². The SMILES string of the molecule is CC(C)CCn1c(=O)c(C(=O)Nc2ccc(F)cc2)c(O)c2ccccc21. The summed E-state index contributed by atoms with van der Waals surface area (Å²) in [6.45, 7) is 4.54. The molecule has 3 aromatic rings. The third-order valence-corrected chi connectivity index (χ3v) is 4.40. The second-order valence-corrected chi connectivity index (χ2v) is 6.84. The summed E-state index contributed by atoms with van der Waals surface area (Å²) in [5.41, 5.74) is 0.0503. The Bertz CT molecular complexity index is 1040. The zero-order valence-corrected chi connectivity index (χ0v) is 15.2. The molecule has 5 nitrogen and oxygen atoms in total. The highest BCUT2D eigenvalue weighted by Gasteiger charge is 2.22. The molecule has 0 unspecified atom stereocenters. The molecular formula is C21H21FN2O3. The van der Waals surface area contributed by atoms with Gasteiger partial charge in [-0.1, -0.05) is 26.0 Å². The van der Waals surface area contributed by atoms with Gasteiger partial charge in [-0.3, -0.25) is 9.59 Å². The maximum absolute atomic E-state index is 13.0. The number of nitrogens with zero attached hydrogens (tertiary/aromatic N) is 1. The van der Waals surface area contributed by atoms with E-state index in [1.54, 1.807) is 24.3 Å². The molecule has 0 atom stereocenters. The van der Waals surface area contributed by atoms with Crippen molar-refractivity contribution in [3.05, 3.63) is 70.3 Å². The van der Waals surface area contributed by atoms with Crippen LogP contribution >= 0.6 is 0 Å². The topological polar surface area (TPSA) is 71.3 Å². The molecule has 0 bridgehead atoms. The average molecular weight is 368 g/mol. The van der Waals surface area contributed by atoms with Crippen LogP contribution in [0.15, 0.2) is 53.3 Å². The molecular weight excluding hydrogens is 347 g/mol. The number of hydrogen-bond acceptors (Lipinski definition) is 3. The Morgan fingerprint density at radius 1 is 1.15 bits per heavy atom. The molecule has 2 N–H and O–H groups in total. The minimum absolute atomic E-state index is 0.318. The summed E-state index contributed by atoms with van der Waals surface area (Å²) >= 11 is 0. The van der Waals surface area contributed by atoms with Crippen LogP contribution in [0.2, 0.25) is 0 Å². The monoisotopic (exact) mass is 368 g/mol. The van der Waals surface area contributed by atoms with Gasteiger partial charge in [0, 0.05) is 17.6 Å². The third kappa shape index (κ3) is 3.84. The summed E-state index contributed by atoms with van der Waals surface area (Å²) in [4.78, 5) is 25.7. The van der Waals surface area contributed by atoms with E-state index in [0.717, 1.165) is 6.42 Å². The van der Waals surface area contributed by atoms with Crippen LogP contribution in [0.5, 0.6) is 5.75 Å². The number of rotatable bonds is 5. The molecule has 0 spiro atoms. The Balaban J connectivity index is 2.09. The lowest BCUT2D eigenvalue weighted by molar-refractivity contribution is 0.102. The van der Waals surface area contributed by atoms with E-state index in [1.807, 2.05) is 0 Å². The summed E-state index contributed by atoms with van der Waals surface area (Å²) in [6, 6.07) is 12.1. The molecule has 0 aliphatic heterocycles. The molecule has 0 aliphatic carbocycles. The second kappa shape index (κ2) is 7.61. The fourth-order valence-corrected chi connectivity index (χ4v) is 2.93. The summed E-state index contributed by atoms with van der Waals surface area (Å²) in [5.74, 6) is -1.14. The molecule has 0 fully saturated rings. The fourth-order valence-electron chi connectivity index (χ4n) is 2.93. The molecule has 0 saturated carbocycles. The van der Waals surface area contributed by atoms with Crippen molar-refractivity contribution in [1.29, 1.82) is 0 Å². The van der Waals surface area contributed by atoms with Gasteiger partial charge in [0.2, 0.25) is 0 Å². The molecule has 0 aliphatic rings. The van der Waals surface area contributed by atoms with Crippen LogP contribution in [-0.4, -0.2) is 15.6 Å². The maximum Gasteiger partial charge on any atom is 0.267 e. The van der Waals surface area contributed by atoms with E-state index < -0.39 is 17.3 Å². The third-order valence-electron chi connectivity index (χ3n) is 4.40. The number of amides is 1. The number of para-hydroxylation sites is 1. The normalized spacial score (nSPS) is 11.1. The van der Waals surface area contributed by atoms with E-state index in [4.69, 9.17) is 0 Å². The zero-order valence-electron chi connectivity index (χ0n) is 15.2. The van der Waals surface area contributed by atoms with Crippen molar-refractivity contribution in [2.24, 2.45) is 5.92 Å². The Morgan fingerprint density at radius 2 is 1.81 bits per heavy atom. The van der Waals surface area contributed by atoms with E-state index in [2.05, 4.69) is 19.2 Å². The Morgan fingerprint density at radius 3 is 2.48 bits per heavy atom. The van der Waals surface area contributed by atoms with E-state index >= 15 is 0 Å². The van der Waals surface area contributed by atoms with Crippen LogP contribution in [0.4, 0.5) is 10.1 Å². The van der Waals surface area contributed by atoms with Crippen molar-refractivity contribution in [3.63, 3.8) is 0 Å². The van der Waals surface area contributed by atoms with Crippen molar-refractivity contribution < 1.29 is 14.3 Å². The molecule has 1 aromatic heterocycles. The van der Waals surface area contributed by atoms with Crippen molar-refractivity contribution >= 4 is 22.5 Å². The predicted octanol–water partition coefficient (Wildman–Crippen LogP) is 4.14. The summed E-state index contributed by atoms with van der Waals surface area (Å²) in [7, 11) is 0. The quantitative estimate of drug-likeness (QED) is 0.711. The number of halogens is 1. The highest BCUT2D eigenvalue weighted by molar-refractivity contribution is 6.09. The predicted molar refractivity (Wildman–Crippen MR) is 104 cm³/mol. The van der Waals surface area contributed by atoms with Gasteiger partial charge in [-0.15, -0.1) is 0 Å². The van der Waals surface area contributed by atoms with E-state index in [-0.39, 0.29) is 11.3 Å². The average Bonchev–Trinajstić information content (AvgIpc) is 2.63. The highest BCUT2D eigenvalue weighted by Crippen LogP contribution is 2.27. The standard InChI is InChI=1S/C21H21FN2O3/c1-13(2)11-12-24-17-6-4-3-5-16(17)19(25)18(21(24)27)20(26)23-15-9-7-14(22)8-10-15/h3-10,13,25H,11-12H2,1-2H3,(H,23,26). The first-order valence-corrected chi connectivity index (χ1v) is 8.80. The number of carbonyl (C=O) groups excluding carboxylic acids is 1. The number of anilines is 1. The summed E-state index contributed by atoms with van der Waals surface area (Å²) < 4.78 is 14.6. The van der Waals surface area contributed by atoms with Gasteiger partial charge in [0.25, 0.3) is 11.5 Å². The van der Waals surface area contributed by atoms with Crippen LogP contribution in [-0.2, 0) is 6.54 Å². The molecule has 1 heterocycles. The molecule has 0 radical (unpaired) electrons. The fraction of sp³-hybridized carbons (Fsp3) is 0.238. The lowest BCUT2D eigenvalue weighted by atomic mass is 10.1. The van der Waals surface area contributed by atoms with Gasteiger partial charge in [0.1, 0.15) is 17.1 Å². The molecule has 1 amide bonds. The van der Waals surface area contributed by atoms with Gasteiger partial charge in [-0.25, -0.2) is 4.39 Å². The number of aromatic nitrogens is 1. The van der Waals surface area contributed by atoms with E-state index in [9.17, 15) is 19.1 Å². The van der Waals surface area contributed by atoms with Crippen molar-refractivity contribution in [3.8, 4) is 5.75 Å². The Kier molecular flexibility index (Phi) is 5.26. The first-order valence-electron chi connectivity index (χ1n) is 8.80. The van der Waals surface area contributed by atoms with Gasteiger partial charge in [-0.2, -0.15) is 0 Å². The largest absolute Gasteiger partial charge is 0.506 e. The van der Waals surface area contributed by atoms with Crippen molar-refractivity contribution in [1.82, 2.24) is 4.57 Å². The molecule has 0 saturated heterocycles. The van der Waals surface area contributed by atoms with Crippen LogP contribution in [0.25, 0.3) is 10.9 Å². The second-order valence-electron chi connectivity index (χ2n) is 6.84. The van der Waals surface area contributed by atoms with Crippen LogP contribution < -0.4 is 10.9 Å². The van der Waals surface area contributed by atoms with Crippen LogP contribution in [0.3, 0.4) is 0 Å². The smallest absolute Gasteiger partial charge is 0.267 e. The van der Waals surface area contributed by atoms with Gasteiger partial charge >= 0.3 is 0 Å². The lowest BCUT2D eigenvalue weighted by Gasteiger charge is -2.16. The van der Waals surface area contributed by atoms with Crippen LogP contribution in [0.1, 0.15) is 30.6 Å². The number of carbonyl (C=O) groups is 1. The number of nitrogens with one attached hydrogen (secondary N) is 1. The number of fused-ring (bicyclic) bond motifs is 1.